The van der Waals surface area contributed by atoms with Crippen molar-refractivity contribution in [2.45, 2.75) is 25.3 Å². The van der Waals surface area contributed by atoms with Crippen molar-refractivity contribution in [1.82, 2.24) is 15.1 Å². The number of fused-ring (bicyclic) bond motifs is 1. The lowest BCUT2D eigenvalue weighted by atomic mass is 10.1. The number of carbonyl (C=O) groups is 2. The van der Waals surface area contributed by atoms with Crippen molar-refractivity contribution >= 4 is 50.6 Å². The molecule has 9 heteroatoms. The number of aromatic nitrogens is 2. The summed E-state index contributed by atoms with van der Waals surface area (Å²) in [5.74, 6) is -0.0271. The highest BCUT2D eigenvalue weighted by Gasteiger charge is 2.31. The van der Waals surface area contributed by atoms with Gasteiger partial charge in [0.25, 0.3) is 5.91 Å². The Balaban J connectivity index is 1.21. The smallest absolute Gasteiger partial charge is 0.342 e. The van der Waals surface area contributed by atoms with Gasteiger partial charge in [0.15, 0.2) is 0 Å². The van der Waals surface area contributed by atoms with Crippen LogP contribution in [-0.2, 0) is 6.54 Å². The third-order valence-electron chi connectivity index (χ3n) is 6.49. The van der Waals surface area contributed by atoms with Gasteiger partial charge in [-0.3, -0.25) is 4.79 Å². The number of aromatic hydroxyl groups is 1. The number of hydrogen-bond donors (Lipinski definition) is 3. The van der Waals surface area contributed by atoms with E-state index in [9.17, 15) is 14.7 Å². The maximum Gasteiger partial charge on any atom is 0.342 e. The van der Waals surface area contributed by atoms with Crippen LogP contribution < -0.4 is 10.6 Å². The third-order valence-corrected chi connectivity index (χ3v) is 7.98. The number of nitrogens with one attached hydrogen (secondary N) is 2. The predicted molar refractivity (Wildman–Crippen MR) is 150 cm³/mol. The summed E-state index contributed by atoms with van der Waals surface area (Å²) in [5, 5.41) is 22.7. The Morgan fingerprint density at radius 2 is 1.82 bits per heavy atom. The molecule has 6 rings (SSSR count). The van der Waals surface area contributed by atoms with Gasteiger partial charge in [-0.05, 0) is 60.2 Å². The highest BCUT2D eigenvalue weighted by molar-refractivity contribution is 7.20. The molecule has 2 amide bonds. The molecule has 38 heavy (non-hydrogen) atoms. The van der Waals surface area contributed by atoms with E-state index in [1.807, 2.05) is 54.6 Å². The maximum absolute atomic E-state index is 13.0. The molecule has 0 spiro atoms. The van der Waals surface area contributed by atoms with E-state index in [0.717, 1.165) is 34.2 Å². The Bertz CT molecular complexity index is 1660. The number of anilines is 1. The summed E-state index contributed by atoms with van der Waals surface area (Å²) in [6.45, 7) is 0.275. The Morgan fingerprint density at radius 3 is 2.58 bits per heavy atom. The molecule has 1 aliphatic rings. The SMILES string of the molecule is O=C(Nc1ccc(-c2cc(C3CC3)n(C(=O)NCc3ccccc3Cl)n2)c(O)c1)c1cc2ccccc2s1. The first kappa shape index (κ1) is 24.2. The van der Waals surface area contributed by atoms with Crippen LogP contribution in [0.15, 0.2) is 78.9 Å². The largest absolute Gasteiger partial charge is 0.507 e. The lowest BCUT2D eigenvalue weighted by molar-refractivity contribution is 0.103. The molecule has 3 aromatic carbocycles. The van der Waals surface area contributed by atoms with Crippen LogP contribution in [0.1, 0.15) is 39.7 Å². The molecule has 0 aliphatic heterocycles. The molecule has 3 N–H and O–H groups in total. The van der Waals surface area contributed by atoms with Crippen LogP contribution in [-0.4, -0.2) is 26.8 Å². The summed E-state index contributed by atoms with van der Waals surface area (Å²) >= 11 is 7.63. The molecule has 1 saturated carbocycles. The molecule has 0 unspecified atom stereocenters. The second-order valence-corrected chi connectivity index (χ2v) is 10.7. The quantitative estimate of drug-likeness (QED) is 0.215. The number of amides is 2. The number of benzene rings is 3. The Kier molecular flexibility index (Phi) is 6.35. The van der Waals surface area contributed by atoms with Gasteiger partial charge in [0, 0.05) is 39.5 Å². The fraction of sp³-hybridized carbons (Fsp3) is 0.138. The van der Waals surface area contributed by atoms with E-state index >= 15 is 0 Å². The minimum Gasteiger partial charge on any atom is -0.507 e. The molecule has 0 radical (unpaired) electrons. The number of rotatable bonds is 6. The number of carbonyl (C=O) groups excluding carboxylic acids is 2. The lowest BCUT2D eigenvalue weighted by Gasteiger charge is -2.09. The van der Waals surface area contributed by atoms with Gasteiger partial charge in [0.2, 0.25) is 0 Å². The lowest BCUT2D eigenvalue weighted by Crippen LogP contribution is -2.30. The Hall–Kier alpha value is -4.14. The van der Waals surface area contributed by atoms with Crippen molar-refractivity contribution < 1.29 is 14.7 Å². The molecule has 2 heterocycles. The number of thiophene rings is 1. The van der Waals surface area contributed by atoms with Gasteiger partial charge >= 0.3 is 6.03 Å². The van der Waals surface area contributed by atoms with Crippen molar-refractivity contribution in [3.63, 3.8) is 0 Å². The zero-order valence-electron chi connectivity index (χ0n) is 20.1. The summed E-state index contributed by atoms with van der Waals surface area (Å²) in [7, 11) is 0. The van der Waals surface area contributed by atoms with E-state index in [1.54, 1.807) is 18.2 Å². The second-order valence-electron chi connectivity index (χ2n) is 9.23. The minimum absolute atomic E-state index is 0.0392. The van der Waals surface area contributed by atoms with Crippen molar-refractivity contribution in [3.05, 3.63) is 100 Å². The Labute approximate surface area is 227 Å². The predicted octanol–water partition coefficient (Wildman–Crippen LogP) is 7.01. The van der Waals surface area contributed by atoms with Crippen LogP contribution in [0, 0.1) is 0 Å². The molecule has 7 nitrogen and oxygen atoms in total. The normalized spacial score (nSPS) is 13.0. The van der Waals surface area contributed by atoms with Crippen LogP contribution in [0.5, 0.6) is 5.75 Å². The molecule has 5 aromatic rings. The highest BCUT2D eigenvalue weighted by Crippen LogP contribution is 2.42. The van der Waals surface area contributed by atoms with Crippen LogP contribution in [0.3, 0.4) is 0 Å². The number of phenolic OH excluding ortho intramolecular Hbond substituents is 1. The summed E-state index contributed by atoms with van der Waals surface area (Å²) in [6, 6.07) is 23.4. The van der Waals surface area contributed by atoms with Crippen molar-refractivity contribution in [1.29, 1.82) is 0 Å². The van der Waals surface area contributed by atoms with E-state index in [4.69, 9.17) is 11.6 Å². The van der Waals surface area contributed by atoms with E-state index in [-0.39, 0.29) is 30.2 Å². The summed E-state index contributed by atoms with van der Waals surface area (Å²) in [6.07, 6.45) is 1.97. The van der Waals surface area contributed by atoms with E-state index in [0.29, 0.717) is 26.8 Å². The van der Waals surface area contributed by atoms with Crippen molar-refractivity contribution in [3.8, 4) is 17.0 Å². The van der Waals surface area contributed by atoms with Gasteiger partial charge in [0.05, 0.1) is 16.3 Å². The van der Waals surface area contributed by atoms with Crippen LogP contribution >= 0.6 is 22.9 Å². The highest BCUT2D eigenvalue weighted by atomic mass is 35.5. The van der Waals surface area contributed by atoms with Gasteiger partial charge in [0.1, 0.15) is 5.75 Å². The first-order valence-electron chi connectivity index (χ1n) is 12.2. The van der Waals surface area contributed by atoms with Crippen LogP contribution in [0.2, 0.25) is 5.02 Å². The molecule has 0 atom stereocenters. The average Bonchev–Trinajstić information content (AvgIpc) is 3.51. The zero-order valence-corrected chi connectivity index (χ0v) is 21.7. The molecule has 2 aromatic heterocycles. The molecule has 0 bridgehead atoms. The standard InChI is InChI=1S/C29H23ClN4O3S/c30-22-7-3-1-6-19(22)16-31-29(37)34-24(17-9-10-17)15-23(33-34)21-12-11-20(14-25(21)35)32-28(36)27-13-18-5-2-4-8-26(18)38-27/h1-8,11-15,17,35H,9-10,16H2,(H,31,37)(H,32,36). The number of hydrogen-bond acceptors (Lipinski definition) is 5. The monoisotopic (exact) mass is 542 g/mol. The number of halogens is 1. The average molecular weight is 543 g/mol. The molecule has 0 saturated heterocycles. The summed E-state index contributed by atoms with van der Waals surface area (Å²) in [5.41, 5.74) is 3.05. The van der Waals surface area contributed by atoms with E-state index in [2.05, 4.69) is 15.7 Å². The minimum atomic E-state index is -0.357. The topological polar surface area (TPSA) is 96.3 Å². The molecule has 1 aliphatic carbocycles. The fourth-order valence-electron chi connectivity index (χ4n) is 4.36. The fourth-order valence-corrected chi connectivity index (χ4v) is 5.52. The van der Waals surface area contributed by atoms with Crippen LogP contribution in [0.4, 0.5) is 10.5 Å². The van der Waals surface area contributed by atoms with E-state index < -0.39 is 0 Å². The maximum atomic E-state index is 13.0. The van der Waals surface area contributed by atoms with Crippen molar-refractivity contribution in [2.24, 2.45) is 0 Å². The van der Waals surface area contributed by atoms with Gasteiger partial charge in [-0.1, -0.05) is 48.0 Å². The third kappa shape index (κ3) is 4.88. The Morgan fingerprint density at radius 1 is 1.03 bits per heavy atom. The second kappa shape index (κ2) is 9.96. The van der Waals surface area contributed by atoms with Gasteiger partial charge in [-0.15, -0.1) is 11.3 Å². The van der Waals surface area contributed by atoms with Gasteiger partial charge in [-0.25, -0.2) is 4.79 Å². The summed E-state index contributed by atoms with van der Waals surface area (Å²) in [4.78, 5) is 26.4. The first-order chi connectivity index (χ1) is 18.5. The van der Waals surface area contributed by atoms with Gasteiger partial charge in [-0.2, -0.15) is 9.78 Å². The first-order valence-corrected chi connectivity index (χ1v) is 13.4. The molecule has 190 valence electrons. The summed E-state index contributed by atoms with van der Waals surface area (Å²) < 4.78 is 2.41. The number of phenols is 1. The van der Waals surface area contributed by atoms with Crippen molar-refractivity contribution in [2.75, 3.05) is 5.32 Å². The zero-order chi connectivity index (χ0) is 26.2. The number of nitrogens with zero attached hydrogens (tertiary/aromatic N) is 2. The van der Waals surface area contributed by atoms with Crippen LogP contribution in [0.25, 0.3) is 21.3 Å². The molecular formula is C29H23ClN4O3S. The molecular weight excluding hydrogens is 520 g/mol. The molecule has 1 fully saturated rings. The van der Waals surface area contributed by atoms with E-state index in [1.165, 1.54) is 22.1 Å². The van der Waals surface area contributed by atoms with Gasteiger partial charge < -0.3 is 15.7 Å².